The molecule has 1 unspecified atom stereocenters. The fourth-order valence-electron chi connectivity index (χ4n) is 1.79. The van der Waals surface area contributed by atoms with Gasteiger partial charge in [-0.3, -0.25) is 0 Å². The molecule has 1 saturated heterocycles. The average molecular weight is 260 g/mol. The van der Waals surface area contributed by atoms with Crippen molar-refractivity contribution in [3.8, 4) is 0 Å². The minimum absolute atomic E-state index is 0.0969. The third kappa shape index (κ3) is 2.67. The molecule has 0 aromatic heterocycles. The first-order chi connectivity index (χ1) is 7.16. The summed E-state index contributed by atoms with van der Waals surface area (Å²) in [5, 5.41) is 0. The standard InChI is InChI=1S/C8H15F3N2O2S/c1-6(12)7-2-4-13(5-3-7)16(14,15)8(9,10)11/h6-7H,2-5,12H2,1H3. The summed E-state index contributed by atoms with van der Waals surface area (Å²) in [5.74, 6) is 0.0969. The van der Waals surface area contributed by atoms with E-state index >= 15 is 0 Å². The van der Waals surface area contributed by atoms with E-state index in [0.717, 1.165) is 0 Å². The van der Waals surface area contributed by atoms with E-state index in [-0.39, 0.29) is 25.0 Å². The summed E-state index contributed by atoms with van der Waals surface area (Å²) in [6, 6.07) is -0.115. The molecule has 16 heavy (non-hydrogen) atoms. The lowest BCUT2D eigenvalue weighted by atomic mass is 9.92. The van der Waals surface area contributed by atoms with Crippen LogP contribution in [0.1, 0.15) is 19.8 Å². The van der Waals surface area contributed by atoms with Crippen LogP contribution in [0.5, 0.6) is 0 Å². The van der Waals surface area contributed by atoms with Gasteiger partial charge in [0.1, 0.15) is 0 Å². The van der Waals surface area contributed by atoms with Crippen LogP contribution in [0.2, 0.25) is 0 Å². The highest BCUT2D eigenvalue weighted by Crippen LogP contribution is 2.30. The molecule has 0 radical (unpaired) electrons. The van der Waals surface area contributed by atoms with Gasteiger partial charge in [-0.2, -0.15) is 17.5 Å². The first-order valence-corrected chi connectivity index (χ1v) is 6.42. The molecule has 1 aliphatic rings. The van der Waals surface area contributed by atoms with E-state index in [0.29, 0.717) is 17.1 Å². The monoisotopic (exact) mass is 260 g/mol. The number of halogens is 3. The lowest BCUT2D eigenvalue weighted by Crippen LogP contribution is -2.47. The summed E-state index contributed by atoms with van der Waals surface area (Å²) < 4.78 is 59.3. The van der Waals surface area contributed by atoms with E-state index in [1.165, 1.54) is 0 Å². The lowest BCUT2D eigenvalue weighted by Gasteiger charge is -2.33. The number of alkyl halides is 3. The Bertz CT molecular complexity index is 332. The predicted octanol–water partition coefficient (Wildman–Crippen LogP) is 0.895. The molecular weight excluding hydrogens is 245 g/mol. The number of nitrogens with zero attached hydrogens (tertiary/aromatic N) is 1. The van der Waals surface area contributed by atoms with Crippen LogP contribution in [0.15, 0.2) is 0 Å². The molecule has 0 amide bonds. The normalized spacial score (nSPS) is 23.3. The number of rotatable bonds is 2. The van der Waals surface area contributed by atoms with E-state index in [9.17, 15) is 21.6 Å². The highest BCUT2D eigenvalue weighted by molar-refractivity contribution is 7.90. The SMILES string of the molecule is CC(N)C1CCN(S(=O)(=O)C(F)(F)F)CC1. The van der Waals surface area contributed by atoms with Gasteiger partial charge in [-0.1, -0.05) is 0 Å². The Morgan fingerprint density at radius 3 is 2.06 bits per heavy atom. The van der Waals surface area contributed by atoms with Crippen molar-refractivity contribution in [2.45, 2.75) is 31.3 Å². The molecule has 1 fully saturated rings. The van der Waals surface area contributed by atoms with E-state index in [1.54, 1.807) is 6.92 Å². The Hall–Kier alpha value is -0.340. The number of sulfonamides is 1. The van der Waals surface area contributed by atoms with Crippen LogP contribution in [0.4, 0.5) is 13.2 Å². The maximum absolute atomic E-state index is 12.2. The summed E-state index contributed by atoms with van der Waals surface area (Å²) in [6.45, 7) is 1.57. The Morgan fingerprint density at radius 2 is 1.75 bits per heavy atom. The summed E-state index contributed by atoms with van der Waals surface area (Å²) in [4.78, 5) is 0. The van der Waals surface area contributed by atoms with Crippen molar-refractivity contribution in [3.63, 3.8) is 0 Å². The molecule has 2 N–H and O–H groups in total. The molecule has 0 saturated carbocycles. The van der Waals surface area contributed by atoms with Crippen LogP contribution < -0.4 is 5.73 Å². The van der Waals surface area contributed by atoms with E-state index < -0.39 is 15.5 Å². The van der Waals surface area contributed by atoms with E-state index in [4.69, 9.17) is 5.73 Å². The molecule has 8 heteroatoms. The van der Waals surface area contributed by atoms with Crippen molar-refractivity contribution >= 4 is 10.0 Å². The second kappa shape index (κ2) is 4.50. The van der Waals surface area contributed by atoms with Crippen molar-refractivity contribution in [2.75, 3.05) is 13.1 Å². The molecular formula is C8H15F3N2O2S. The van der Waals surface area contributed by atoms with Crippen LogP contribution in [-0.4, -0.2) is 37.4 Å². The van der Waals surface area contributed by atoms with Crippen LogP contribution >= 0.6 is 0 Å². The number of hydrogen-bond acceptors (Lipinski definition) is 3. The van der Waals surface area contributed by atoms with Crippen molar-refractivity contribution < 1.29 is 21.6 Å². The van der Waals surface area contributed by atoms with Gasteiger partial charge < -0.3 is 5.73 Å². The first kappa shape index (κ1) is 13.7. The van der Waals surface area contributed by atoms with Gasteiger partial charge in [-0.05, 0) is 25.7 Å². The van der Waals surface area contributed by atoms with Crippen LogP contribution in [0.3, 0.4) is 0 Å². The Labute approximate surface area is 92.6 Å². The molecule has 1 rings (SSSR count). The third-order valence-electron chi connectivity index (χ3n) is 2.87. The smallest absolute Gasteiger partial charge is 0.328 e. The maximum Gasteiger partial charge on any atom is 0.511 e. The third-order valence-corrected chi connectivity index (χ3v) is 4.50. The molecule has 4 nitrogen and oxygen atoms in total. The lowest BCUT2D eigenvalue weighted by molar-refractivity contribution is -0.0497. The number of piperidine rings is 1. The summed E-state index contributed by atoms with van der Waals surface area (Å²) in [7, 11) is -5.16. The molecule has 1 aliphatic heterocycles. The van der Waals surface area contributed by atoms with Gasteiger partial charge in [0.05, 0.1) is 0 Å². The second-order valence-electron chi connectivity index (χ2n) is 4.05. The summed E-state index contributed by atoms with van der Waals surface area (Å²) in [5.41, 5.74) is 0.417. The van der Waals surface area contributed by atoms with Crippen LogP contribution in [0.25, 0.3) is 0 Å². The predicted molar refractivity (Wildman–Crippen MR) is 52.9 cm³/mol. The van der Waals surface area contributed by atoms with Gasteiger partial charge in [-0.25, -0.2) is 8.42 Å². The zero-order valence-corrected chi connectivity index (χ0v) is 9.68. The first-order valence-electron chi connectivity index (χ1n) is 4.98. The molecule has 0 bridgehead atoms. The molecule has 0 aliphatic carbocycles. The summed E-state index contributed by atoms with van der Waals surface area (Å²) >= 11 is 0. The van der Waals surface area contributed by atoms with Crippen molar-refractivity contribution in [2.24, 2.45) is 11.7 Å². The van der Waals surface area contributed by atoms with Gasteiger partial charge in [0.15, 0.2) is 0 Å². The molecule has 1 heterocycles. The van der Waals surface area contributed by atoms with Gasteiger partial charge in [0.25, 0.3) is 0 Å². The Balaban J connectivity index is 2.68. The molecule has 96 valence electrons. The minimum atomic E-state index is -5.20. The van der Waals surface area contributed by atoms with E-state index in [2.05, 4.69) is 0 Å². The second-order valence-corrected chi connectivity index (χ2v) is 5.98. The minimum Gasteiger partial charge on any atom is -0.328 e. The maximum atomic E-state index is 12.2. The van der Waals surface area contributed by atoms with Crippen LogP contribution in [-0.2, 0) is 10.0 Å². The molecule has 0 spiro atoms. The van der Waals surface area contributed by atoms with Gasteiger partial charge in [-0.15, -0.1) is 0 Å². The fraction of sp³-hybridized carbons (Fsp3) is 1.00. The average Bonchev–Trinajstić information content (AvgIpc) is 2.16. The Morgan fingerprint density at radius 1 is 1.31 bits per heavy atom. The highest BCUT2D eigenvalue weighted by Gasteiger charge is 2.50. The van der Waals surface area contributed by atoms with Gasteiger partial charge >= 0.3 is 15.5 Å². The zero-order chi connectivity index (χ0) is 12.6. The number of nitrogens with two attached hydrogens (primary N) is 1. The molecule has 0 aromatic rings. The quantitative estimate of drug-likeness (QED) is 0.802. The topological polar surface area (TPSA) is 63.4 Å². The van der Waals surface area contributed by atoms with Crippen LogP contribution in [0, 0.1) is 5.92 Å². The largest absolute Gasteiger partial charge is 0.511 e. The van der Waals surface area contributed by atoms with Gasteiger partial charge in [0.2, 0.25) is 0 Å². The fourth-order valence-corrected chi connectivity index (χ4v) is 2.77. The Kier molecular flexibility index (Phi) is 3.86. The molecule has 1 atom stereocenters. The number of hydrogen-bond donors (Lipinski definition) is 1. The van der Waals surface area contributed by atoms with Gasteiger partial charge in [0, 0.05) is 19.1 Å². The van der Waals surface area contributed by atoms with Crippen molar-refractivity contribution in [1.29, 1.82) is 0 Å². The van der Waals surface area contributed by atoms with Crippen molar-refractivity contribution in [3.05, 3.63) is 0 Å². The molecule has 0 aromatic carbocycles. The van der Waals surface area contributed by atoms with E-state index in [1.807, 2.05) is 0 Å². The zero-order valence-electron chi connectivity index (χ0n) is 8.87. The van der Waals surface area contributed by atoms with Crippen molar-refractivity contribution in [1.82, 2.24) is 4.31 Å². The summed E-state index contributed by atoms with van der Waals surface area (Å²) in [6.07, 6.45) is 0.764. The highest BCUT2D eigenvalue weighted by atomic mass is 32.2.